The first kappa shape index (κ1) is 15.4. The Hall–Kier alpha value is 0.380. The topological polar surface area (TPSA) is 46.2 Å². The van der Waals surface area contributed by atoms with Gasteiger partial charge in [0.25, 0.3) is 0 Å². The average Bonchev–Trinajstić information content (AvgIpc) is 2.55. The average molecular weight is 361 g/mol. The van der Waals surface area contributed by atoms with Crippen LogP contribution >= 0.6 is 38.9 Å². The van der Waals surface area contributed by atoms with Gasteiger partial charge in [-0.2, -0.15) is 0 Å². The second-order valence-electron chi connectivity index (χ2n) is 3.82. The van der Waals surface area contributed by atoms with Crippen LogP contribution in [0.4, 0.5) is 0 Å². The first-order chi connectivity index (χ1) is 7.86. The predicted octanol–water partition coefficient (Wildman–Crippen LogP) is 3.50. The summed E-state index contributed by atoms with van der Waals surface area (Å²) in [6.45, 7) is 3.65. The van der Waals surface area contributed by atoms with Crippen LogP contribution in [0.5, 0.6) is 0 Å². The summed E-state index contributed by atoms with van der Waals surface area (Å²) in [5, 5.41) is 0. The number of aryl methyl sites for hydroxylation is 1. The Balaban J connectivity index is 2.79. The van der Waals surface area contributed by atoms with Crippen LogP contribution in [0.15, 0.2) is 14.7 Å². The molecule has 0 aliphatic rings. The van der Waals surface area contributed by atoms with Crippen LogP contribution in [0.1, 0.15) is 24.6 Å². The third-order valence-electron chi connectivity index (χ3n) is 2.26. The molecule has 0 aliphatic carbocycles. The van der Waals surface area contributed by atoms with Gasteiger partial charge in [-0.25, -0.2) is 13.1 Å². The van der Waals surface area contributed by atoms with Crippen LogP contribution < -0.4 is 4.72 Å². The number of sulfonamides is 1. The van der Waals surface area contributed by atoms with E-state index in [-0.39, 0.29) is 6.04 Å². The first-order valence-electron chi connectivity index (χ1n) is 5.21. The lowest BCUT2D eigenvalue weighted by atomic mass is 10.2. The highest BCUT2D eigenvalue weighted by Gasteiger charge is 2.21. The summed E-state index contributed by atoms with van der Waals surface area (Å²) in [4.78, 5) is 1.14. The molecule has 1 unspecified atom stereocenters. The number of alkyl halides is 1. The lowest BCUT2D eigenvalue weighted by Gasteiger charge is -2.13. The van der Waals surface area contributed by atoms with Gasteiger partial charge in [0.1, 0.15) is 0 Å². The van der Waals surface area contributed by atoms with Crippen LogP contribution in [0.25, 0.3) is 0 Å². The van der Waals surface area contributed by atoms with E-state index in [4.69, 9.17) is 11.6 Å². The molecule has 0 saturated heterocycles. The third-order valence-corrected chi connectivity index (χ3v) is 5.92. The third kappa shape index (κ3) is 4.52. The summed E-state index contributed by atoms with van der Waals surface area (Å²) in [6, 6.07) is 1.54. The summed E-state index contributed by atoms with van der Waals surface area (Å²) in [6.07, 6.45) is 1.55. The Labute approximate surface area is 120 Å². The largest absolute Gasteiger partial charge is 0.241 e. The Morgan fingerprint density at radius 3 is 2.71 bits per heavy atom. The number of rotatable bonds is 6. The molecule has 0 saturated carbocycles. The maximum absolute atomic E-state index is 12.1. The molecule has 0 aliphatic heterocycles. The van der Waals surface area contributed by atoms with Crippen LogP contribution in [-0.4, -0.2) is 20.3 Å². The fourth-order valence-corrected chi connectivity index (χ4v) is 5.31. The molecule has 0 radical (unpaired) electrons. The van der Waals surface area contributed by atoms with E-state index in [1.165, 1.54) is 11.3 Å². The SMILES string of the molecule is Cc1sc(Br)cc1S(=O)(=O)NC(C)CCCCl. The fourth-order valence-electron chi connectivity index (χ4n) is 1.47. The highest BCUT2D eigenvalue weighted by molar-refractivity contribution is 9.11. The molecule has 7 heteroatoms. The Morgan fingerprint density at radius 1 is 1.59 bits per heavy atom. The molecule has 0 spiro atoms. The summed E-state index contributed by atoms with van der Waals surface area (Å²) in [5.41, 5.74) is 0. The van der Waals surface area contributed by atoms with Gasteiger partial charge >= 0.3 is 0 Å². The van der Waals surface area contributed by atoms with E-state index in [0.717, 1.165) is 21.5 Å². The fraction of sp³-hybridized carbons (Fsp3) is 0.600. The minimum atomic E-state index is -3.41. The molecule has 1 aromatic heterocycles. The molecule has 0 bridgehead atoms. The molecule has 1 N–H and O–H groups in total. The van der Waals surface area contributed by atoms with Crippen molar-refractivity contribution in [1.82, 2.24) is 4.72 Å². The van der Waals surface area contributed by atoms with Gasteiger partial charge in [0.05, 0.1) is 8.68 Å². The molecule has 0 fully saturated rings. The number of hydrogen-bond acceptors (Lipinski definition) is 3. The smallest absolute Gasteiger partial charge is 0.208 e. The molecule has 1 aromatic rings. The van der Waals surface area contributed by atoms with E-state index in [0.29, 0.717) is 10.8 Å². The molecular weight excluding hydrogens is 346 g/mol. The summed E-state index contributed by atoms with van der Waals surface area (Å²) in [5.74, 6) is 0.551. The van der Waals surface area contributed by atoms with Crippen molar-refractivity contribution in [2.24, 2.45) is 0 Å². The summed E-state index contributed by atoms with van der Waals surface area (Å²) >= 11 is 10.3. The van der Waals surface area contributed by atoms with Crippen molar-refractivity contribution in [2.45, 2.75) is 37.6 Å². The highest BCUT2D eigenvalue weighted by Crippen LogP contribution is 2.29. The zero-order valence-electron chi connectivity index (χ0n) is 9.66. The van der Waals surface area contributed by atoms with Gasteiger partial charge < -0.3 is 0 Å². The Kier molecular flexibility index (Phi) is 5.92. The van der Waals surface area contributed by atoms with Crippen molar-refractivity contribution in [3.05, 3.63) is 14.7 Å². The number of halogens is 2. The van der Waals surface area contributed by atoms with Gasteiger partial charge in [-0.3, -0.25) is 0 Å². The standard InChI is InChI=1S/C10H15BrClNO2S2/c1-7(4-3-5-12)13-17(14,15)9-6-10(11)16-8(9)2/h6-7,13H,3-5H2,1-2H3. The van der Waals surface area contributed by atoms with Crippen LogP contribution in [0, 0.1) is 6.92 Å². The molecule has 1 rings (SSSR count). The predicted molar refractivity (Wildman–Crippen MR) is 76.5 cm³/mol. The lowest BCUT2D eigenvalue weighted by molar-refractivity contribution is 0.544. The second-order valence-corrected chi connectivity index (χ2v) is 8.52. The quantitative estimate of drug-likeness (QED) is 0.789. The molecule has 0 amide bonds. The first-order valence-corrected chi connectivity index (χ1v) is 8.83. The molecular formula is C10H15BrClNO2S2. The minimum absolute atomic E-state index is 0.100. The van der Waals surface area contributed by atoms with Crippen LogP contribution in [-0.2, 0) is 10.0 Å². The van der Waals surface area contributed by atoms with Crippen molar-refractivity contribution in [1.29, 1.82) is 0 Å². The van der Waals surface area contributed by atoms with Gasteiger partial charge in [-0.05, 0) is 48.7 Å². The molecule has 0 aromatic carbocycles. The van der Waals surface area contributed by atoms with E-state index >= 15 is 0 Å². The van der Waals surface area contributed by atoms with E-state index in [9.17, 15) is 8.42 Å². The Morgan fingerprint density at radius 2 is 2.24 bits per heavy atom. The van der Waals surface area contributed by atoms with Crippen molar-refractivity contribution in [3.8, 4) is 0 Å². The zero-order chi connectivity index (χ0) is 13.1. The van der Waals surface area contributed by atoms with Crippen molar-refractivity contribution in [2.75, 3.05) is 5.88 Å². The number of nitrogens with one attached hydrogen (secondary N) is 1. The van der Waals surface area contributed by atoms with Gasteiger partial charge in [0.15, 0.2) is 0 Å². The molecule has 1 heterocycles. The summed E-state index contributed by atoms with van der Waals surface area (Å²) in [7, 11) is -3.41. The van der Waals surface area contributed by atoms with Crippen LogP contribution in [0.3, 0.4) is 0 Å². The van der Waals surface area contributed by atoms with Gasteiger partial charge in [0.2, 0.25) is 10.0 Å². The van der Waals surface area contributed by atoms with E-state index in [1.807, 2.05) is 6.92 Å². The zero-order valence-corrected chi connectivity index (χ0v) is 13.6. The Bertz CT molecular complexity index is 473. The van der Waals surface area contributed by atoms with Crippen molar-refractivity contribution >= 4 is 48.9 Å². The molecule has 17 heavy (non-hydrogen) atoms. The maximum atomic E-state index is 12.1. The van der Waals surface area contributed by atoms with Crippen molar-refractivity contribution < 1.29 is 8.42 Å². The van der Waals surface area contributed by atoms with Crippen molar-refractivity contribution in [3.63, 3.8) is 0 Å². The van der Waals surface area contributed by atoms with Gasteiger partial charge in [-0.1, -0.05) is 0 Å². The van der Waals surface area contributed by atoms with Gasteiger partial charge in [0, 0.05) is 16.8 Å². The van der Waals surface area contributed by atoms with E-state index in [1.54, 1.807) is 13.0 Å². The minimum Gasteiger partial charge on any atom is -0.208 e. The van der Waals surface area contributed by atoms with Crippen LogP contribution in [0.2, 0.25) is 0 Å². The van der Waals surface area contributed by atoms with E-state index < -0.39 is 10.0 Å². The number of hydrogen-bond donors (Lipinski definition) is 1. The monoisotopic (exact) mass is 359 g/mol. The normalized spacial score (nSPS) is 13.9. The second kappa shape index (κ2) is 6.52. The van der Waals surface area contributed by atoms with E-state index in [2.05, 4.69) is 20.7 Å². The molecule has 3 nitrogen and oxygen atoms in total. The molecule has 1 atom stereocenters. The lowest BCUT2D eigenvalue weighted by Crippen LogP contribution is -2.32. The molecule has 98 valence electrons. The highest BCUT2D eigenvalue weighted by atomic mass is 79.9. The number of thiophene rings is 1. The van der Waals surface area contributed by atoms with Gasteiger partial charge in [-0.15, -0.1) is 22.9 Å². The maximum Gasteiger partial charge on any atom is 0.241 e. The summed E-state index contributed by atoms with van der Waals surface area (Å²) < 4.78 is 27.6.